The van der Waals surface area contributed by atoms with E-state index in [1.54, 1.807) is 0 Å². The van der Waals surface area contributed by atoms with E-state index >= 15 is 0 Å². The van der Waals surface area contributed by atoms with Crippen molar-refractivity contribution < 1.29 is 5.11 Å². The smallest absolute Gasteiger partial charge is 0.0546 e. The molecule has 0 aromatic heterocycles. The third-order valence-corrected chi connectivity index (χ3v) is 12.4. The highest BCUT2D eigenvalue weighted by Gasteiger charge is 2.75. The van der Waals surface area contributed by atoms with Crippen molar-refractivity contribution in [3.8, 4) is 0 Å². The second kappa shape index (κ2) is 6.85. The van der Waals surface area contributed by atoms with Gasteiger partial charge in [0.05, 0.1) is 6.10 Å². The molecule has 1 N–H and O–H groups in total. The summed E-state index contributed by atoms with van der Waals surface area (Å²) in [5.74, 6) is 4.26. The molecule has 0 spiro atoms. The van der Waals surface area contributed by atoms with Gasteiger partial charge in [-0.05, 0) is 109 Å². The second-order valence-electron chi connectivity index (χ2n) is 13.6. The van der Waals surface area contributed by atoms with Crippen molar-refractivity contribution in [2.24, 2.45) is 51.2 Å². The van der Waals surface area contributed by atoms with Gasteiger partial charge in [-0.25, -0.2) is 0 Å². The van der Waals surface area contributed by atoms with E-state index in [4.69, 9.17) is 0 Å². The maximum atomic E-state index is 10.4. The van der Waals surface area contributed by atoms with E-state index in [2.05, 4.69) is 47.6 Å². The molecule has 5 aliphatic carbocycles. The average Bonchev–Trinajstić information content (AvgIpc) is 3.30. The quantitative estimate of drug-likeness (QED) is 0.457. The summed E-state index contributed by atoms with van der Waals surface area (Å²) in [6.07, 6.45) is 17.4. The molecular weight excluding hydrogens is 364 g/mol. The monoisotopic (exact) mass is 412 g/mol. The van der Waals surface area contributed by atoms with Crippen LogP contribution in [-0.4, -0.2) is 11.2 Å². The van der Waals surface area contributed by atoms with Crippen molar-refractivity contribution in [2.75, 3.05) is 0 Å². The highest BCUT2D eigenvalue weighted by molar-refractivity contribution is 5.41. The molecule has 5 rings (SSSR count). The zero-order valence-corrected chi connectivity index (χ0v) is 20.8. The largest absolute Gasteiger partial charge is 0.393 e. The van der Waals surface area contributed by atoms with Crippen LogP contribution in [0.5, 0.6) is 0 Å². The van der Waals surface area contributed by atoms with Crippen LogP contribution in [0.15, 0.2) is 11.6 Å². The third-order valence-electron chi connectivity index (χ3n) is 12.4. The molecule has 0 bridgehead atoms. The summed E-state index contributed by atoms with van der Waals surface area (Å²) < 4.78 is 0. The minimum Gasteiger partial charge on any atom is -0.393 e. The summed E-state index contributed by atoms with van der Waals surface area (Å²) in [5.41, 5.74) is 3.88. The van der Waals surface area contributed by atoms with Gasteiger partial charge in [-0.3, -0.25) is 0 Å². The number of aliphatic hydroxyl groups is 1. The first-order valence-corrected chi connectivity index (χ1v) is 13.5. The van der Waals surface area contributed by atoms with Crippen LogP contribution >= 0.6 is 0 Å². The molecule has 0 aliphatic heterocycles. The zero-order valence-electron chi connectivity index (χ0n) is 20.8. The highest BCUT2D eigenvalue weighted by atomic mass is 16.3. The Bertz CT molecular complexity index is 718. The Hall–Kier alpha value is -0.300. The summed E-state index contributed by atoms with van der Waals surface area (Å²) in [5, 5.41) is 10.4. The normalized spacial score (nSPS) is 51.3. The molecule has 0 aromatic rings. The number of rotatable bonds is 5. The van der Waals surface area contributed by atoms with Crippen LogP contribution in [0.2, 0.25) is 0 Å². The molecule has 0 amide bonds. The molecule has 0 saturated heterocycles. The third kappa shape index (κ3) is 2.69. The lowest BCUT2D eigenvalue weighted by Gasteiger charge is -2.58. The van der Waals surface area contributed by atoms with Gasteiger partial charge >= 0.3 is 0 Å². The fourth-order valence-electron chi connectivity index (χ4n) is 9.75. The zero-order chi connectivity index (χ0) is 21.5. The molecule has 170 valence electrons. The van der Waals surface area contributed by atoms with E-state index in [-0.39, 0.29) is 6.10 Å². The summed E-state index contributed by atoms with van der Waals surface area (Å²) >= 11 is 0. The average molecular weight is 413 g/mol. The number of allylic oxidation sites excluding steroid dienone is 2. The van der Waals surface area contributed by atoms with Crippen LogP contribution in [0.1, 0.15) is 112 Å². The second-order valence-corrected chi connectivity index (χ2v) is 13.6. The van der Waals surface area contributed by atoms with Gasteiger partial charge in [-0.1, -0.05) is 66.0 Å². The first-order chi connectivity index (χ1) is 14.1. The minimum absolute atomic E-state index is 0.0211. The van der Waals surface area contributed by atoms with Crippen LogP contribution < -0.4 is 0 Å². The van der Waals surface area contributed by atoms with Gasteiger partial charge in [0.25, 0.3) is 0 Å². The molecule has 4 fully saturated rings. The minimum atomic E-state index is -0.0211. The van der Waals surface area contributed by atoms with Crippen molar-refractivity contribution in [2.45, 2.75) is 118 Å². The Kier molecular flexibility index (Phi) is 4.92. The standard InChI is InChI=1S/C29H48O/c1-19(2)20(3)7-8-21(4)23-10-13-27(6)24-12-15-28-17-22(30)9-16-29(28,18-28)25(24)11-14-26(23,27)5/h11,19-24,30H,7-10,12-18H2,1-6H3/t20-,21-,22+,23-,24-,26-,27+,28-,29+/m1/s1. The van der Waals surface area contributed by atoms with Crippen molar-refractivity contribution >= 4 is 0 Å². The first kappa shape index (κ1) is 21.5. The van der Waals surface area contributed by atoms with Gasteiger partial charge in [0.15, 0.2) is 0 Å². The Morgan fingerprint density at radius 2 is 1.73 bits per heavy atom. The van der Waals surface area contributed by atoms with Crippen LogP contribution in [0.25, 0.3) is 0 Å². The molecule has 4 saturated carbocycles. The number of hydrogen-bond acceptors (Lipinski definition) is 1. The molecule has 0 unspecified atom stereocenters. The molecule has 30 heavy (non-hydrogen) atoms. The lowest BCUT2D eigenvalue weighted by atomic mass is 9.47. The van der Waals surface area contributed by atoms with Crippen LogP contribution in [0.4, 0.5) is 0 Å². The number of aliphatic hydroxyl groups excluding tert-OH is 1. The van der Waals surface area contributed by atoms with Crippen molar-refractivity contribution in [1.82, 2.24) is 0 Å². The van der Waals surface area contributed by atoms with Crippen LogP contribution in [0, 0.1) is 51.2 Å². The van der Waals surface area contributed by atoms with Crippen molar-refractivity contribution in [1.29, 1.82) is 0 Å². The molecule has 0 radical (unpaired) electrons. The number of fused-ring (bicyclic) bond motifs is 3. The van der Waals surface area contributed by atoms with Gasteiger partial charge in [0.1, 0.15) is 0 Å². The topological polar surface area (TPSA) is 20.2 Å². The predicted molar refractivity (Wildman–Crippen MR) is 126 cm³/mol. The Labute approximate surface area is 186 Å². The van der Waals surface area contributed by atoms with E-state index in [1.165, 1.54) is 57.8 Å². The lowest BCUT2D eigenvalue weighted by molar-refractivity contribution is -0.0342. The molecule has 5 aliphatic rings. The van der Waals surface area contributed by atoms with Gasteiger partial charge < -0.3 is 5.11 Å². The summed E-state index contributed by atoms with van der Waals surface area (Å²) in [6.45, 7) is 15.2. The fraction of sp³-hybridized carbons (Fsp3) is 0.931. The van der Waals surface area contributed by atoms with E-state index in [0.717, 1.165) is 42.4 Å². The first-order valence-electron chi connectivity index (χ1n) is 13.5. The van der Waals surface area contributed by atoms with Gasteiger partial charge in [-0.2, -0.15) is 0 Å². The molecule has 9 atom stereocenters. The van der Waals surface area contributed by atoms with Crippen LogP contribution in [0.3, 0.4) is 0 Å². The van der Waals surface area contributed by atoms with E-state index < -0.39 is 0 Å². The molecule has 0 aromatic carbocycles. The Balaban J connectivity index is 1.38. The van der Waals surface area contributed by atoms with Crippen molar-refractivity contribution in [3.63, 3.8) is 0 Å². The Morgan fingerprint density at radius 1 is 0.967 bits per heavy atom. The number of hydrogen-bond donors (Lipinski definition) is 1. The molecular formula is C29H48O. The van der Waals surface area contributed by atoms with Gasteiger partial charge in [0.2, 0.25) is 0 Å². The fourth-order valence-corrected chi connectivity index (χ4v) is 9.75. The molecule has 1 nitrogen and oxygen atoms in total. The van der Waals surface area contributed by atoms with E-state index in [1.807, 2.05) is 5.57 Å². The summed E-state index contributed by atoms with van der Waals surface area (Å²) in [7, 11) is 0. The maximum Gasteiger partial charge on any atom is 0.0546 e. The molecule has 1 heteroatoms. The Morgan fingerprint density at radius 3 is 2.47 bits per heavy atom. The van der Waals surface area contributed by atoms with E-state index in [9.17, 15) is 5.11 Å². The molecule has 0 heterocycles. The summed E-state index contributed by atoms with van der Waals surface area (Å²) in [4.78, 5) is 0. The van der Waals surface area contributed by atoms with E-state index in [0.29, 0.717) is 21.7 Å². The predicted octanol–water partition coefficient (Wildman–Crippen LogP) is 7.78. The SMILES string of the molecule is CC(C)[C@H](C)CC[C@@H](C)[C@H]1CC[C@@]2(C)[C@@H]3CC[C@]45C[C@@H](O)CC[C@]4(C5)C3=CC[C@]12C. The highest BCUT2D eigenvalue weighted by Crippen LogP contribution is 2.83. The lowest BCUT2D eigenvalue weighted by Crippen LogP contribution is -2.50. The van der Waals surface area contributed by atoms with Gasteiger partial charge in [-0.15, -0.1) is 0 Å². The van der Waals surface area contributed by atoms with Gasteiger partial charge in [0, 0.05) is 0 Å². The maximum absolute atomic E-state index is 10.4. The van der Waals surface area contributed by atoms with Crippen LogP contribution in [-0.2, 0) is 0 Å². The van der Waals surface area contributed by atoms with Crippen molar-refractivity contribution in [3.05, 3.63) is 11.6 Å². The summed E-state index contributed by atoms with van der Waals surface area (Å²) in [6, 6.07) is 0.